The third-order valence-corrected chi connectivity index (χ3v) is 3.19. The first kappa shape index (κ1) is 10.5. The Kier molecular flexibility index (Phi) is 2.93. The first-order valence-corrected chi connectivity index (χ1v) is 5.59. The molecule has 1 atom stereocenters. The van der Waals surface area contributed by atoms with E-state index < -0.39 is 0 Å². The Balaban J connectivity index is 1.91. The van der Waals surface area contributed by atoms with Crippen LogP contribution in [-0.4, -0.2) is 37.0 Å². The molecule has 84 valence electrons. The van der Waals surface area contributed by atoms with Gasteiger partial charge in [-0.1, -0.05) is 0 Å². The van der Waals surface area contributed by atoms with Crippen molar-refractivity contribution in [3.05, 3.63) is 0 Å². The quantitative estimate of drug-likeness (QED) is 0.635. The number of ether oxygens (including phenoxy) is 1. The maximum Gasteiger partial charge on any atom is 0.310 e. The molecule has 2 rings (SSSR count). The van der Waals surface area contributed by atoms with Crippen LogP contribution in [0.25, 0.3) is 0 Å². The number of hydrogen-bond donors (Lipinski definition) is 0. The molecule has 1 aliphatic heterocycles. The number of carbonyl (C=O) groups excluding carboxylic acids is 2. The molecule has 0 N–H and O–H groups in total. The Labute approximate surface area is 89.6 Å². The zero-order valence-corrected chi connectivity index (χ0v) is 9.07. The molecule has 0 aromatic carbocycles. The lowest BCUT2D eigenvalue weighted by atomic mass is 9.98. The van der Waals surface area contributed by atoms with Crippen molar-refractivity contribution in [1.82, 2.24) is 4.90 Å². The van der Waals surface area contributed by atoms with Gasteiger partial charge in [0.05, 0.1) is 13.0 Å². The van der Waals surface area contributed by atoms with Gasteiger partial charge in [0.25, 0.3) is 0 Å². The lowest BCUT2D eigenvalue weighted by Gasteiger charge is -2.31. The highest BCUT2D eigenvalue weighted by molar-refractivity contribution is 5.82. The smallest absolute Gasteiger partial charge is 0.310 e. The second-order valence-corrected chi connectivity index (χ2v) is 4.42. The number of piperidine rings is 1. The monoisotopic (exact) mass is 211 g/mol. The van der Waals surface area contributed by atoms with Crippen molar-refractivity contribution >= 4 is 11.9 Å². The van der Waals surface area contributed by atoms with E-state index >= 15 is 0 Å². The van der Waals surface area contributed by atoms with E-state index in [1.54, 1.807) is 0 Å². The molecule has 1 saturated heterocycles. The predicted octanol–water partition coefficient (Wildman–Crippen LogP) is 0.808. The minimum atomic E-state index is -0.178. The number of amides is 1. The van der Waals surface area contributed by atoms with E-state index in [1.165, 1.54) is 7.11 Å². The molecule has 0 spiro atoms. The van der Waals surface area contributed by atoms with Crippen LogP contribution in [0.1, 0.15) is 25.7 Å². The van der Waals surface area contributed by atoms with Crippen molar-refractivity contribution in [2.24, 2.45) is 11.8 Å². The van der Waals surface area contributed by atoms with Crippen LogP contribution in [0.15, 0.2) is 0 Å². The van der Waals surface area contributed by atoms with Crippen molar-refractivity contribution in [1.29, 1.82) is 0 Å². The van der Waals surface area contributed by atoms with Crippen LogP contribution in [0.5, 0.6) is 0 Å². The van der Waals surface area contributed by atoms with Crippen LogP contribution in [0, 0.1) is 11.8 Å². The van der Waals surface area contributed by atoms with Crippen molar-refractivity contribution in [2.45, 2.75) is 25.7 Å². The van der Waals surface area contributed by atoms with Crippen LogP contribution >= 0.6 is 0 Å². The summed E-state index contributed by atoms with van der Waals surface area (Å²) < 4.78 is 4.72. The standard InChI is InChI=1S/C11H17NO3/c1-15-11(14)9-3-2-6-12(7-9)10(13)8-4-5-8/h8-9H,2-7H2,1H3/t9-/m0/s1. The molecular formula is C11H17NO3. The van der Waals surface area contributed by atoms with Crippen molar-refractivity contribution in [2.75, 3.05) is 20.2 Å². The van der Waals surface area contributed by atoms with Gasteiger partial charge in [-0.25, -0.2) is 0 Å². The fourth-order valence-corrected chi connectivity index (χ4v) is 2.12. The average Bonchev–Trinajstić information content (AvgIpc) is 3.11. The van der Waals surface area contributed by atoms with Crippen molar-refractivity contribution in [3.63, 3.8) is 0 Å². The Morgan fingerprint density at radius 1 is 1.20 bits per heavy atom. The molecule has 0 bridgehead atoms. The van der Waals surface area contributed by atoms with Gasteiger partial charge in [0, 0.05) is 19.0 Å². The Morgan fingerprint density at radius 2 is 1.93 bits per heavy atom. The molecular weight excluding hydrogens is 194 g/mol. The Hall–Kier alpha value is -1.06. The van der Waals surface area contributed by atoms with Gasteiger partial charge in [0.2, 0.25) is 5.91 Å². The molecule has 1 aliphatic carbocycles. The summed E-state index contributed by atoms with van der Waals surface area (Å²) in [6.07, 6.45) is 3.82. The summed E-state index contributed by atoms with van der Waals surface area (Å²) in [5.41, 5.74) is 0. The van der Waals surface area contributed by atoms with Crippen molar-refractivity contribution in [3.8, 4) is 0 Å². The summed E-state index contributed by atoms with van der Waals surface area (Å²) in [7, 11) is 1.41. The highest BCUT2D eigenvalue weighted by Gasteiger charge is 2.36. The zero-order valence-electron chi connectivity index (χ0n) is 9.07. The van der Waals surface area contributed by atoms with E-state index in [-0.39, 0.29) is 23.7 Å². The molecule has 2 aliphatic rings. The van der Waals surface area contributed by atoms with Gasteiger partial charge >= 0.3 is 5.97 Å². The fraction of sp³-hybridized carbons (Fsp3) is 0.818. The molecule has 1 saturated carbocycles. The SMILES string of the molecule is COC(=O)[C@H]1CCCN(C(=O)C2CC2)C1. The van der Waals surface area contributed by atoms with E-state index in [4.69, 9.17) is 4.74 Å². The van der Waals surface area contributed by atoms with Crippen LogP contribution in [0.3, 0.4) is 0 Å². The third kappa shape index (κ3) is 2.30. The first-order chi connectivity index (χ1) is 7.22. The predicted molar refractivity (Wildman–Crippen MR) is 54.0 cm³/mol. The number of carbonyl (C=O) groups is 2. The number of nitrogens with zero attached hydrogens (tertiary/aromatic N) is 1. The van der Waals surface area contributed by atoms with E-state index in [1.807, 2.05) is 4.90 Å². The molecule has 0 radical (unpaired) electrons. The first-order valence-electron chi connectivity index (χ1n) is 5.59. The molecule has 4 heteroatoms. The second-order valence-electron chi connectivity index (χ2n) is 4.42. The molecule has 0 unspecified atom stereocenters. The number of hydrogen-bond acceptors (Lipinski definition) is 3. The highest BCUT2D eigenvalue weighted by Crippen LogP contribution is 2.32. The lowest BCUT2D eigenvalue weighted by molar-refractivity contribution is -0.149. The van der Waals surface area contributed by atoms with Gasteiger partial charge < -0.3 is 9.64 Å². The molecule has 1 heterocycles. The fourth-order valence-electron chi connectivity index (χ4n) is 2.12. The summed E-state index contributed by atoms with van der Waals surface area (Å²) in [4.78, 5) is 25.0. The van der Waals surface area contributed by atoms with E-state index in [0.717, 1.165) is 32.2 Å². The molecule has 0 aromatic rings. The number of methoxy groups -OCH3 is 1. The normalized spacial score (nSPS) is 26.2. The molecule has 4 nitrogen and oxygen atoms in total. The van der Waals surface area contributed by atoms with Crippen LogP contribution < -0.4 is 0 Å². The summed E-state index contributed by atoms with van der Waals surface area (Å²) in [6, 6.07) is 0. The number of likely N-dealkylation sites (tertiary alicyclic amines) is 1. The summed E-state index contributed by atoms with van der Waals surface area (Å²) >= 11 is 0. The third-order valence-electron chi connectivity index (χ3n) is 3.19. The van der Waals surface area contributed by atoms with Crippen LogP contribution in [0.4, 0.5) is 0 Å². The Bertz CT molecular complexity index is 273. The van der Waals surface area contributed by atoms with Crippen LogP contribution in [0.2, 0.25) is 0 Å². The summed E-state index contributed by atoms with van der Waals surface area (Å²) in [5, 5.41) is 0. The largest absolute Gasteiger partial charge is 0.469 e. The molecule has 0 aromatic heterocycles. The van der Waals surface area contributed by atoms with Gasteiger partial charge in [0.15, 0.2) is 0 Å². The average molecular weight is 211 g/mol. The van der Waals surface area contributed by atoms with Gasteiger partial charge in [-0.05, 0) is 25.7 Å². The minimum Gasteiger partial charge on any atom is -0.469 e. The minimum absolute atomic E-state index is 0.105. The summed E-state index contributed by atoms with van der Waals surface area (Å²) in [5.74, 6) is 0.208. The Morgan fingerprint density at radius 3 is 2.53 bits per heavy atom. The van der Waals surface area contributed by atoms with Crippen LogP contribution in [-0.2, 0) is 14.3 Å². The van der Waals surface area contributed by atoms with E-state index in [9.17, 15) is 9.59 Å². The van der Waals surface area contributed by atoms with Gasteiger partial charge in [-0.3, -0.25) is 9.59 Å². The molecule has 2 fully saturated rings. The zero-order chi connectivity index (χ0) is 10.8. The summed E-state index contributed by atoms with van der Waals surface area (Å²) in [6.45, 7) is 1.37. The molecule has 15 heavy (non-hydrogen) atoms. The molecule has 1 amide bonds. The van der Waals surface area contributed by atoms with E-state index in [0.29, 0.717) is 6.54 Å². The van der Waals surface area contributed by atoms with Gasteiger partial charge in [-0.2, -0.15) is 0 Å². The second kappa shape index (κ2) is 4.21. The van der Waals surface area contributed by atoms with Gasteiger partial charge in [-0.15, -0.1) is 0 Å². The number of esters is 1. The maximum absolute atomic E-state index is 11.8. The highest BCUT2D eigenvalue weighted by atomic mass is 16.5. The van der Waals surface area contributed by atoms with Crippen molar-refractivity contribution < 1.29 is 14.3 Å². The van der Waals surface area contributed by atoms with E-state index in [2.05, 4.69) is 0 Å². The maximum atomic E-state index is 11.8. The van der Waals surface area contributed by atoms with Gasteiger partial charge in [0.1, 0.15) is 0 Å². The topological polar surface area (TPSA) is 46.6 Å². The lowest BCUT2D eigenvalue weighted by Crippen LogP contribution is -2.43. The number of rotatable bonds is 2.